The molecule has 2 heterocycles. The molecule has 3 unspecified atom stereocenters. The van der Waals surface area contributed by atoms with Crippen molar-refractivity contribution < 1.29 is 4.74 Å². The smallest absolute Gasteiger partial charge is 0.254 e. The molecule has 8 heteroatoms. The van der Waals surface area contributed by atoms with E-state index in [4.69, 9.17) is 19.7 Å². The van der Waals surface area contributed by atoms with Crippen LogP contribution < -0.4 is 10.3 Å². The quantitative estimate of drug-likeness (QED) is 0.144. The number of ether oxygens (including phenoxy) is 1. The molecular formula is C32H46N4O2S2. The average Bonchev–Trinajstić information content (AvgIpc) is 2.93. The van der Waals surface area contributed by atoms with Crippen LogP contribution in [-0.4, -0.2) is 36.5 Å². The largest absolute Gasteiger partial charge is 0.474 e. The van der Waals surface area contributed by atoms with Crippen LogP contribution in [0.5, 0.6) is 5.88 Å². The summed E-state index contributed by atoms with van der Waals surface area (Å²) in [6.07, 6.45) is 5.87. The van der Waals surface area contributed by atoms with E-state index in [9.17, 15) is 4.79 Å². The van der Waals surface area contributed by atoms with Crippen molar-refractivity contribution in [2.45, 2.75) is 127 Å². The molecule has 1 aromatic carbocycles. The van der Waals surface area contributed by atoms with E-state index in [1.165, 1.54) is 5.56 Å². The van der Waals surface area contributed by atoms with Crippen LogP contribution in [0.3, 0.4) is 0 Å². The van der Waals surface area contributed by atoms with Gasteiger partial charge in [-0.2, -0.15) is 4.98 Å². The molecule has 3 aromatic rings. The molecule has 0 aliphatic rings. The Hall–Kier alpha value is -2.32. The molecule has 0 amide bonds. The zero-order valence-corrected chi connectivity index (χ0v) is 27.1. The first-order valence-corrected chi connectivity index (χ1v) is 16.6. The fraction of sp³-hybridized carbons (Fsp3) is 0.562. The fourth-order valence-corrected chi connectivity index (χ4v) is 5.96. The first-order chi connectivity index (χ1) is 19.2. The number of hydrogen-bond acceptors (Lipinski definition) is 7. The number of aromatic amines is 1. The number of thioether (sulfide) groups is 2. The van der Waals surface area contributed by atoms with E-state index in [0.29, 0.717) is 34.9 Å². The normalized spacial score (nSPS) is 13.7. The van der Waals surface area contributed by atoms with Crippen molar-refractivity contribution in [3.8, 4) is 5.88 Å². The van der Waals surface area contributed by atoms with Crippen LogP contribution in [0.15, 0.2) is 39.4 Å². The number of rotatable bonds is 15. The van der Waals surface area contributed by atoms with Gasteiger partial charge < -0.3 is 9.72 Å². The van der Waals surface area contributed by atoms with Crippen molar-refractivity contribution in [1.29, 1.82) is 0 Å². The third-order valence-corrected chi connectivity index (χ3v) is 9.49. The monoisotopic (exact) mass is 582 g/mol. The lowest BCUT2D eigenvalue weighted by Gasteiger charge is -2.19. The second-order valence-electron chi connectivity index (χ2n) is 10.4. The Labute approximate surface area is 249 Å². The van der Waals surface area contributed by atoms with Crippen molar-refractivity contribution in [2.75, 3.05) is 0 Å². The molecule has 0 saturated heterocycles. The van der Waals surface area contributed by atoms with Gasteiger partial charge in [-0.15, -0.1) is 0 Å². The highest BCUT2D eigenvalue weighted by atomic mass is 32.2. The summed E-state index contributed by atoms with van der Waals surface area (Å²) in [5.74, 6) is 0.718. The Kier molecular flexibility index (Phi) is 12.6. The molecule has 0 aliphatic heterocycles. The summed E-state index contributed by atoms with van der Waals surface area (Å²) < 4.78 is 6.30. The number of aromatic nitrogens is 4. The van der Waals surface area contributed by atoms with Gasteiger partial charge in [-0.3, -0.25) is 4.79 Å². The molecule has 3 atom stereocenters. The Morgan fingerprint density at radius 3 is 1.98 bits per heavy atom. The van der Waals surface area contributed by atoms with Crippen LogP contribution >= 0.6 is 23.5 Å². The summed E-state index contributed by atoms with van der Waals surface area (Å²) in [5.41, 5.74) is 6.02. The van der Waals surface area contributed by atoms with Crippen LogP contribution in [0, 0.1) is 0 Å². The second-order valence-corrected chi connectivity index (χ2v) is 13.3. The van der Waals surface area contributed by atoms with Gasteiger partial charge in [-0.1, -0.05) is 96.3 Å². The summed E-state index contributed by atoms with van der Waals surface area (Å²) in [6.45, 7) is 17.1. The predicted molar refractivity (Wildman–Crippen MR) is 169 cm³/mol. The van der Waals surface area contributed by atoms with Crippen LogP contribution in [0.1, 0.15) is 108 Å². The van der Waals surface area contributed by atoms with Gasteiger partial charge in [0.2, 0.25) is 5.88 Å². The Morgan fingerprint density at radius 2 is 1.40 bits per heavy atom. The Morgan fingerprint density at radius 1 is 0.800 bits per heavy atom. The average molecular weight is 583 g/mol. The van der Waals surface area contributed by atoms with Gasteiger partial charge in [-0.05, 0) is 50.2 Å². The molecule has 0 spiro atoms. The summed E-state index contributed by atoms with van der Waals surface area (Å²) in [7, 11) is 0. The summed E-state index contributed by atoms with van der Waals surface area (Å²) in [4.78, 5) is 30.6. The van der Waals surface area contributed by atoms with Gasteiger partial charge >= 0.3 is 0 Å². The van der Waals surface area contributed by atoms with Crippen molar-refractivity contribution in [1.82, 2.24) is 19.9 Å². The van der Waals surface area contributed by atoms with Crippen molar-refractivity contribution >= 4 is 23.5 Å². The van der Waals surface area contributed by atoms with Gasteiger partial charge in [0.15, 0.2) is 10.3 Å². The Bertz CT molecular complexity index is 1310. The maximum atomic E-state index is 12.9. The SMILES string of the molecule is CCc1c(Cc2cccc(Cc3nc(SC(C)CC)[nH]c(=O)c3CC)c2)nc(SC(C)CC)nc1OC(C)CC. The standard InChI is InChI=1S/C32H46N4O2S2/c1-9-20(6)38-30-26(13-5)28(34-32(36-30)40-22(8)11-3)19-24-16-14-15-23(17-24)18-27-25(12-4)29(37)35-31(33-27)39-21(7)10-2/h14-17,20-22H,9-13,18-19H2,1-8H3,(H,33,35,37). The zero-order chi connectivity index (χ0) is 29.2. The third kappa shape index (κ3) is 8.84. The Balaban J connectivity index is 1.96. The molecule has 0 radical (unpaired) electrons. The molecule has 0 fully saturated rings. The van der Waals surface area contributed by atoms with Gasteiger partial charge in [-0.25, -0.2) is 9.97 Å². The van der Waals surface area contributed by atoms with E-state index in [0.717, 1.165) is 64.8 Å². The predicted octanol–water partition coefficient (Wildman–Crippen LogP) is 7.82. The molecule has 0 aliphatic carbocycles. The van der Waals surface area contributed by atoms with Crippen molar-refractivity contribution in [3.05, 3.63) is 68.3 Å². The highest BCUT2D eigenvalue weighted by Crippen LogP contribution is 2.30. The minimum Gasteiger partial charge on any atom is -0.474 e. The van der Waals surface area contributed by atoms with Crippen molar-refractivity contribution in [2.24, 2.45) is 0 Å². The third-order valence-electron chi connectivity index (χ3n) is 7.21. The maximum absolute atomic E-state index is 12.9. The van der Waals surface area contributed by atoms with Crippen LogP contribution in [0.2, 0.25) is 0 Å². The van der Waals surface area contributed by atoms with E-state index in [-0.39, 0.29) is 11.7 Å². The molecule has 1 N–H and O–H groups in total. The topological polar surface area (TPSA) is 80.8 Å². The number of nitrogens with one attached hydrogen (secondary N) is 1. The molecule has 0 bridgehead atoms. The fourth-order valence-electron chi connectivity index (χ4n) is 4.27. The number of hydrogen-bond donors (Lipinski definition) is 1. The van der Waals surface area contributed by atoms with Crippen LogP contribution in [-0.2, 0) is 25.7 Å². The number of nitrogens with zero attached hydrogens (tertiary/aromatic N) is 3. The molecule has 3 rings (SSSR count). The minimum absolute atomic E-state index is 0.0248. The van der Waals surface area contributed by atoms with E-state index in [1.54, 1.807) is 23.5 Å². The van der Waals surface area contributed by atoms with E-state index in [2.05, 4.69) is 77.7 Å². The molecule has 2 aromatic heterocycles. The van der Waals surface area contributed by atoms with Gasteiger partial charge in [0.05, 0.1) is 17.5 Å². The zero-order valence-electron chi connectivity index (χ0n) is 25.5. The molecule has 6 nitrogen and oxygen atoms in total. The second kappa shape index (κ2) is 15.6. The lowest BCUT2D eigenvalue weighted by molar-refractivity contribution is 0.204. The first kappa shape index (κ1) is 32.2. The lowest BCUT2D eigenvalue weighted by atomic mass is 9.99. The molecule has 0 saturated carbocycles. The van der Waals surface area contributed by atoms with Gasteiger partial charge in [0.1, 0.15) is 0 Å². The molecule has 40 heavy (non-hydrogen) atoms. The first-order valence-electron chi connectivity index (χ1n) is 14.8. The maximum Gasteiger partial charge on any atom is 0.254 e. The minimum atomic E-state index is -0.0248. The highest BCUT2D eigenvalue weighted by Gasteiger charge is 2.19. The van der Waals surface area contributed by atoms with E-state index >= 15 is 0 Å². The van der Waals surface area contributed by atoms with Gasteiger partial charge in [0, 0.05) is 34.5 Å². The van der Waals surface area contributed by atoms with Crippen LogP contribution in [0.4, 0.5) is 0 Å². The highest BCUT2D eigenvalue weighted by molar-refractivity contribution is 7.99. The van der Waals surface area contributed by atoms with Gasteiger partial charge in [0.25, 0.3) is 5.56 Å². The van der Waals surface area contributed by atoms with Crippen LogP contribution in [0.25, 0.3) is 0 Å². The lowest BCUT2D eigenvalue weighted by Crippen LogP contribution is -2.19. The molecule has 218 valence electrons. The van der Waals surface area contributed by atoms with E-state index in [1.807, 2.05) is 6.92 Å². The summed E-state index contributed by atoms with van der Waals surface area (Å²) in [6, 6.07) is 8.59. The summed E-state index contributed by atoms with van der Waals surface area (Å²) in [5, 5.41) is 2.31. The van der Waals surface area contributed by atoms with E-state index < -0.39 is 0 Å². The summed E-state index contributed by atoms with van der Waals surface area (Å²) >= 11 is 3.34. The number of benzene rings is 1. The number of H-pyrrole nitrogens is 1. The van der Waals surface area contributed by atoms with Crippen molar-refractivity contribution in [3.63, 3.8) is 0 Å². The molecular weight excluding hydrogens is 537 g/mol.